The second-order valence-electron chi connectivity index (χ2n) is 2.82. The lowest BCUT2D eigenvalue weighted by Gasteiger charge is -2.07. The average molecular weight is 217 g/mol. The molecule has 3 nitrogen and oxygen atoms in total. The summed E-state index contributed by atoms with van der Waals surface area (Å²) >= 11 is 0. The number of hydrogen-bond acceptors (Lipinski definition) is 3. The SMILES string of the molecule is NC/C=C(\N)c1cc(C(F)(F)F)ccn1. The third-order valence-corrected chi connectivity index (χ3v) is 1.72. The van der Waals surface area contributed by atoms with Crippen molar-refractivity contribution in [3.8, 4) is 0 Å². The van der Waals surface area contributed by atoms with Gasteiger partial charge in [-0.25, -0.2) is 0 Å². The van der Waals surface area contributed by atoms with Gasteiger partial charge in [-0.1, -0.05) is 0 Å². The number of nitrogens with zero attached hydrogens (tertiary/aromatic N) is 1. The third kappa shape index (κ3) is 2.95. The maximum atomic E-state index is 12.3. The second-order valence-corrected chi connectivity index (χ2v) is 2.82. The van der Waals surface area contributed by atoms with Crippen molar-refractivity contribution in [2.24, 2.45) is 11.5 Å². The molecule has 0 saturated carbocycles. The van der Waals surface area contributed by atoms with Gasteiger partial charge < -0.3 is 11.5 Å². The molecule has 1 aromatic heterocycles. The molecule has 0 atom stereocenters. The first-order chi connectivity index (χ1) is 6.95. The zero-order valence-corrected chi connectivity index (χ0v) is 7.75. The van der Waals surface area contributed by atoms with E-state index in [9.17, 15) is 13.2 Å². The first-order valence-electron chi connectivity index (χ1n) is 4.14. The molecule has 0 aliphatic rings. The molecule has 0 amide bonds. The summed E-state index contributed by atoms with van der Waals surface area (Å²) in [5.74, 6) is 0. The van der Waals surface area contributed by atoms with Gasteiger partial charge in [0, 0.05) is 12.7 Å². The summed E-state index contributed by atoms with van der Waals surface area (Å²) in [6.07, 6.45) is -1.92. The minimum absolute atomic E-state index is 0.0790. The molecular weight excluding hydrogens is 207 g/mol. The molecule has 0 fully saturated rings. The van der Waals surface area contributed by atoms with E-state index in [0.717, 1.165) is 18.3 Å². The van der Waals surface area contributed by atoms with Crippen LogP contribution in [0.4, 0.5) is 13.2 Å². The van der Waals surface area contributed by atoms with E-state index in [1.54, 1.807) is 0 Å². The summed E-state index contributed by atoms with van der Waals surface area (Å²) in [6, 6.07) is 1.78. The fraction of sp³-hybridized carbons (Fsp3) is 0.222. The molecule has 0 aliphatic carbocycles. The van der Waals surface area contributed by atoms with Crippen LogP contribution in [0.3, 0.4) is 0 Å². The van der Waals surface area contributed by atoms with Gasteiger partial charge in [0.05, 0.1) is 17.0 Å². The molecule has 82 valence electrons. The highest BCUT2D eigenvalue weighted by molar-refractivity contribution is 5.59. The number of hydrogen-bond donors (Lipinski definition) is 2. The molecule has 0 aliphatic heterocycles. The van der Waals surface area contributed by atoms with Crippen molar-refractivity contribution in [1.29, 1.82) is 0 Å². The number of aromatic nitrogens is 1. The van der Waals surface area contributed by atoms with Crippen molar-refractivity contribution in [3.05, 3.63) is 35.7 Å². The smallest absolute Gasteiger partial charge is 0.397 e. The molecule has 1 heterocycles. The van der Waals surface area contributed by atoms with Gasteiger partial charge in [0.2, 0.25) is 0 Å². The maximum absolute atomic E-state index is 12.3. The Hall–Kier alpha value is -1.56. The van der Waals surface area contributed by atoms with E-state index in [0.29, 0.717) is 0 Å². The van der Waals surface area contributed by atoms with Crippen LogP contribution < -0.4 is 11.5 Å². The summed E-state index contributed by atoms with van der Waals surface area (Å²) in [7, 11) is 0. The standard InChI is InChI=1S/C9H10F3N3/c10-9(11,12)6-2-4-15-8(5-6)7(14)1-3-13/h1-2,4-5H,3,13-14H2/b7-1-. The molecule has 0 aromatic carbocycles. The first kappa shape index (κ1) is 11.5. The Kier molecular flexibility index (Phi) is 3.31. The van der Waals surface area contributed by atoms with Gasteiger partial charge in [-0.15, -0.1) is 0 Å². The predicted octanol–water partition coefficient (Wildman–Crippen LogP) is 1.36. The van der Waals surface area contributed by atoms with E-state index >= 15 is 0 Å². The van der Waals surface area contributed by atoms with Crippen LogP contribution in [0.5, 0.6) is 0 Å². The summed E-state index contributed by atoms with van der Waals surface area (Å²) in [6.45, 7) is 0.157. The predicted molar refractivity (Wildman–Crippen MR) is 50.5 cm³/mol. The molecule has 0 saturated heterocycles. The third-order valence-electron chi connectivity index (χ3n) is 1.72. The summed E-state index contributed by atoms with van der Waals surface area (Å²) in [5, 5.41) is 0. The lowest BCUT2D eigenvalue weighted by Crippen LogP contribution is -2.08. The molecule has 4 N–H and O–H groups in total. The van der Waals surface area contributed by atoms with Crippen molar-refractivity contribution in [1.82, 2.24) is 4.98 Å². The van der Waals surface area contributed by atoms with Crippen LogP contribution in [-0.2, 0) is 6.18 Å². The lowest BCUT2D eigenvalue weighted by molar-refractivity contribution is -0.137. The van der Waals surface area contributed by atoms with Crippen LogP contribution >= 0.6 is 0 Å². The van der Waals surface area contributed by atoms with Crippen molar-refractivity contribution >= 4 is 5.70 Å². The van der Waals surface area contributed by atoms with E-state index in [4.69, 9.17) is 11.5 Å². The maximum Gasteiger partial charge on any atom is 0.416 e. The molecule has 15 heavy (non-hydrogen) atoms. The zero-order valence-electron chi connectivity index (χ0n) is 7.75. The van der Waals surface area contributed by atoms with Gasteiger partial charge in [-0.05, 0) is 18.2 Å². The van der Waals surface area contributed by atoms with Gasteiger partial charge in [0.15, 0.2) is 0 Å². The fourth-order valence-corrected chi connectivity index (χ4v) is 0.996. The highest BCUT2D eigenvalue weighted by Crippen LogP contribution is 2.29. The Labute approximate surface area is 84.6 Å². The van der Waals surface area contributed by atoms with Crippen LogP contribution in [0.15, 0.2) is 24.4 Å². The Morgan fingerprint density at radius 2 is 2.13 bits per heavy atom. The van der Waals surface area contributed by atoms with Crippen LogP contribution in [0.1, 0.15) is 11.3 Å². The summed E-state index contributed by atoms with van der Waals surface area (Å²) in [4.78, 5) is 3.72. The van der Waals surface area contributed by atoms with Crippen molar-refractivity contribution in [2.75, 3.05) is 6.54 Å². The van der Waals surface area contributed by atoms with Gasteiger partial charge in [-0.3, -0.25) is 4.98 Å². The number of alkyl halides is 3. The highest BCUT2D eigenvalue weighted by atomic mass is 19.4. The van der Waals surface area contributed by atoms with Gasteiger partial charge in [0.1, 0.15) is 0 Å². The first-order valence-corrected chi connectivity index (χ1v) is 4.14. The number of halogens is 3. The van der Waals surface area contributed by atoms with E-state index in [2.05, 4.69) is 4.98 Å². The Balaban J connectivity index is 3.08. The average Bonchev–Trinajstić information content (AvgIpc) is 2.17. The number of pyridine rings is 1. The lowest BCUT2D eigenvalue weighted by atomic mass is 10.2. The monoisotopic (exact) mass is 217 g/mol. The summed E-state index contributed by atoms with van der Waals surface area (Å²) < 4.78 is 36.9. The Morgan fingerprint density at radius 3 is 2.67 bits per heavy atom. The fourth-order valence-electron chi connectivity index (χ4n) is 0.996. The molecule has 0 radical (unpaired) electrons. The van der Waals surface area contributed by atoms with Crippen LogP contribution in [0.25, 0.3) is 5.70 Å². The molecule has 1 aromatic rings. The normalized spacial score (nSPS) is 12.9. The van der Waals surface area contributed by atoms with E-state index in [1.807, 2.05) is 0 Å². The van der Waals surface area contributed by atoms with Gasteiger partial charge in [-0.2, -0.15) is 13.2 Å². The second kappa shape index (κ2) is 4.31. The molecular formula is C9H10F3N3. The van der Waals surface area contributed by atoms with E-state index in [-0.39, 0.29) is 17.9 Å². The minimum atomic E-state index is -4.39. The molecule has 6 heteroatoms. The van der Waals surface area contributed by atoms with Crippen molar-refractivity contribution in [3.63, 3.8) is 0 Å². The van der Waals surface area contributed by atoms with E-state index in [1.165, 1.54) is 6.08 Å². The molecule has 0 spiro atoms. The minimum Gasteiger partial charge on any atom is -0.397 e. The molecule has 0 bridgehead atoms. The van der Waals surface area contributed by atoms with Crippen LogP contribution in [0.2, 0.25) is 0 Å². The highest BCUT2D eigenvalue weighted by Gasteiger charge is 2.30. The van der Waals surface area contributed by atoms with Crippen LogP contribution in [0, 0.1) is 0 Å². The topological polar surface area (TPSA) is 64.9 Å². The summed E-state index contributed by atoms with van der Waals surface area (Å²) in [5.41, 5.74) is 10.1. The number of nitrogens with two attached hydrogens (primary N) is 2. The Morgan fingerprint density at radius 1 is 1.47 bits per heavy atom. The molecule has 0 unspecified atom stereocenters. The molecule has 1 rings (SSSR count). The van der Waals surface area contributed by atoms with Crippen molar-refractivity contribution in [2.45, 2.75) is 6.18 Å². The quantitative estimate of drug-likeness (QED) is 0.786. The van der Waals surface area contributed by atoms with Crippen LogP contribution in [-0.4, -0.2) is 11.5 Å². The van der Waals surface area contributed by atoms with E-state index < -0.39 is 11.7 Å². The Bertz CT molecular complexity index is 371. The number of rotatable bonds is 2. The largest absolute Gasteiger partial charge is 0.416 e. The van der Waals surface area contributed by atoms with Gasteiger partial charge in [0.25, 0.3) is 0 Å². The zero-order chi connectivity index (χ0) is 11.5. The van der Waals surface area contributed by atoms with Gasteiger partial charge >= 0.3 is 6.18 Å². The van der Waals surface area contributed by atoms with Crippen molar-refractivity contribution < 1.29 is 13.2 Å².